The van der Waals surface area contributed by atoms with Crippen LogP contribution in [0.4, 0.5) is 0 Å². The minimum absolute atomic E-state index is 0.136. The molecule has 0 spiro atoms. The molecule has 0 saturated heterocycles. The van der Waals surface area contributed by atoms with E-state index in [9.17, 15) is 28.5 Å². The summed E-state index contributed by atoms with van der Waals surface area (Å²) in [6.45, 7) is 0. The van der Waals surface area contributed by atoms with Gasteiger partial charge in [0.15, 0.2) is 0 Å². The van der Waals surface area contributed by atoms with E-state index in [1.165, 1.54) is 48.5 Å². The Bertz CT molecular complexity index is 870. The summed E-state index contributed by atoms with van der Waals surface area (Å²) in [7, 11) is -11.0. The normalized spacial score (nSPS) is 12.3. The van der Waals surface area contributed by atoms with Crippen molar-refractivity contribution < 1.29 is 37.6 Å². The number of benzene rings is 2. The SMILES string of the molecule is O=C(OP(=O)(OC(=O)c1ccccc1)C(Cl)(Cl)P(=O)(O)O)c1ccccc1. The van der Waals surface area contributed by atoms with Crippen molar-refractivity contribution in [2.24, 2.45) is 0 Å². The Hall–Kier alpha value is -1.66. The first-order chi connectivity index (χ1) is 12.5. The van der Waals surface area contributed by atoms with Crippen molar-refractivity contribution >= 4 is 50.3 Å². The minimum atomic E-state index is -5.57. The Morgan fingerprint density at radius 1 is 0.778 bits per heavy atom. The van der Waals surface area contributed by atoms with Crippen molar-refractivity contribution in [2.45, 2.75) is 3.82 Å². The highest BCUT2D eigenvalue weighted by atomic mass is 35.5. The standard InChI is InChI=1S/C15H12Cl2O8P2/c16-15(17,26(20,21)22)27(23,24-13(18)11-7-3-1-4-8-11)25-14(19)12-9-5-2-6-10-12/h1-10H,(H2,20,21,22). The van der Waals surface area contributed by atoms with Crippen LogP contribution >= 0.6 is 38.4 Å². The summed E-state index contributed by atoms with van der Waals surface area (Å²) in [6, 6.07) is 14.1. The third-order valence-electron chi connectivity index (χ3n) is 3.11. The molecule has 0 bridgehead atoms. The molecule has 0 aliphatic heterocycles. The van der Waals surface area contributed by atoms with Crippen LogP contribution in [0.2, 0.25) is 0 Å². The first kappa shape index (κ1) is 21.6. The van der Waals surface area contributed by atoms with Crippen molar-refractivity contribution in [3.8, 4) is 0 Å². The van der Waals surface area contributed by atoms with E-state index in [-0.39, 0.29) is 11.1 Å². The van der Waals surface area contributed by atoms with Crippen LogP contribution in [-0.2, 0) is 18.2 Å². The van der Waals surface area contributed by atoms with Gasteiger partial charge < -0.3 is 18.8 Å². The zero-order chi connectivity index (χ0) is 20.3. The molecule has 0 aliphatic rings. The van der Waals surface area contributed by atoms with Crippen LogP contribution in [0.1, 0.15) is 20.7 Å². The Labute approximate surface area is 163 Å². The molecule has 2 N–H and O–H groups in total. The van der Waals surface area contributed by atoms with Crippen LogP contribution in [0.5, 0.6) is 0 Å². The number of carbonyl (C=O) groups is 2. The van der Waals surface area contributed by atoms with E-state index < -0.39 is 30.9 Å². The third-order valence-corrected chi connectivity index (χ3v) is 9.36. The van der Waals surface area contributed by atoms with Gasteiger partial charge in [0, 0.05) is 0 Å². The summed E-state index contributed by atoms with van der Waals surface area (Å²) in [4.78, 5) is 43.1. The number of alkyl halides is 2. The maximum atomic E-state index is 13.0. The van der Waals surface area contributed by atoms with Crippen LogP contribution < -0.4 is 0 Å². The molecule has 2 aromatic rings. The van der Waals surface area contributed by atoms with E-state index in [0.29, 0.717) is 0 Å². The van der Waals surface area contributed by atoms with E-state index in [1.807, 2.05) is 0 Å². The van der Waals surface area contributed by atoms with Crippen LogP contribution in [0.3, 0.4) is 0 Å². The molecule has 0 amide bonds. The van der Waals surface area contributed by atoms with E-state index in [0.717, 1.165) is 0 Å². The van der Waals surface area contributed by atoms with Crippen molar-refractivity contribution in [3.05, 3.63) is 71.8 Å². The number of hydrogen-bond donors (Lipinski definition) is 2. The first-order valence-corrected chi connectivity index (χ1v) is 11.0. The number of carbonyl (C=O) groups excluding carboxylic acids is 2. The first-order valence-electron chi connectivity index (χ1n) is 7.09. The highest BCUT2D eigenvalue weighted by molar-refractivity contribution is 7.79. The second kappa shape index (κ2) is 8.15. The highest BCUT2D eigenvalue weighted by Gasteiger charge is 2.65. The smallest absolute Gasteiger partial charge is 0.377 e. The largest absolute Gasteiger partial charge is 0.484 e. The van der Waals surface area contributed by atoms with Crippen LogP contribution in [0, 0.1) is 0 Å². The van der Waals surface area contributed by atoms with Crippen molar-refractivity contribution in [1.29, 1.82) is 0 Å². The van der Waals surface area contributed by atoms with E-state index in [4.69, 9.17) is 23.2 Å². The lowest BCUT2D eigenvalue weighted by Gasteiger charge is -2.28. The highest BCUT2D eigenvalue weighted by Crippen LogP contribution is 2.78. The van der Waals surface area contributed by atoms with Gasteiger partial charge in [0.25, 0.3) is 0 Å². The van der Waals surface area contributed by atoms with E-state index in [2.05, 4.69) is 9.05 Å². The maximum Gasteiger partial charge on any atom is 0.484 e. The molecule has 144 valence electrons. The Balaban J connectivity index is 2.43. The zero-order valence-electron chi connectivity index (χ0n) is 13.3. The Morgan fingerprint density at radius 2 is 1.11 bits per heavy atom. The third kappa shape index (κ3) is 4.79. The summed E-state index contributed by atoms with van der Waals surface area (Å²) in [6.07, 6.45) is 0. The van der Waals surface area contributed by atoms with Gasteiger partial charge in [0.2, 0.25) is 0 Å². The fourth-order valence-electron chi connectivity index (χ4n) is 1.76. The van der Waals surface area contributed by atoms with Crippen molar-refractivity contribution in [1.82, 2.24) is 0 Å². The average Bonchev–Trinajstić information content (AvgIpc) is 2.62. The van der Waals surface area contributed by atoms with Gasteiger partial charge in [-0.3, -0.25) is 4.57 Å². The quantitative estimate of drug-likeness (QED) is 0.493. The topological polar surface area (TPSA) is 127 Å². The fourth-order valence-corrected chi connectivity index (χ4v) is 4.60. The van der Waals surface area contributed by atoms with E-state index >= 15 is 0 Å². The van der Waals surface area contributed by atoms with Gasteiger partial charge in [-0.2, -0.15) is 0 Å². The second-order valence-corrected chi connectivity index (χ2v) is 11.6. The monoisotopic (exact) mass is 452 g/mol. The molecule has 2 aromatic carbocycles. The molecule has 2 rings (SSSR count). The molecule has 0 heterocycles. The molecule has 0 radical (unpaired) electrons. The Morgan fingerprint density at radius 3 is 1.41 bits per heavy atom. The summed E-state index contributed by atoms with van der Waals surface area (Å²) >= 11 is 11.1. The van der Waals surface area contributed by atoms with Crippen LogP contribution in [0.15, 0.2) is 60.7 Å². The lowest BCUT2D eigenvalue weighted by molar-refractivity contribution is 0.0628. The van der Waals surface area contributed by atoms with Gasteiger partial charge in [0.05, 0.1) is 11.1 Å². The van der Waals surface area contributed by atoms with Gasteiger partial charge in [-0.1, -0.05) is 59.6 Å². The van der Waals surface area contributed by atoms with E-state index in [1.54, 1.807) is 12.1 Å². The Kier molecular flexibility index (Phi) is 6.53. The number of halogens is 2. The molecule has 0 fully saturated rings. The zero-order valence-corrected chi connectivity index (χ0v) is 16.6. The second-order valence-electron chi connectivity index (χ2n) is 5.04. The summed E-state index contributed by atoms with van der Waals surface area (Å²) < 4.78 is 30.4. The molecule has 12 heteroatoms. The van der Waals surface area contributed by atoms with Gasteiger partial charge in [0.1, 0.15) is 0 Å². The van der Waals surface area contributed by atoms with Crippen molar-refractivity contribution in [2.75, 3.05) is 0 Å². The maximum absolute atomic E-state index is 13.0. The average molecular weight is 453 g/mol. The van der Waals surface area contributed by atoms with Crippen LogP contribution in [0.25, 0.3) is 0 Å². The molecule has 27 heavy (non-hydrogen) atoms. The molecule has 0 aromatic heterocycles. The molecular weight excluding hydrogens is 441 g/mol. The molecule has 8 nitrogen and oxygen atoms in total. The molecule has 0 atom stereocenters. The van der Waals surface area contributed by atoms with Crippen LogP contribution in [-0.4, -0.2) is 25.5 Å². The van der Waals surface area contributed by atoms with Crippen molar-refractivity contribution in [3.63, 3.8) is 0 Å². The molecule has 0 aliphatic carbocycles. The van der Waals surface area contributed by atoms with Gasteiger partial charge >= 0.3 is 30.9 Å². The number of hydrogen-bond acceptors (Lipinski definition) is 6. The molecule has 0 saturated carbocycles. The summed E-state index contributed by atoms with van der Waals surface area (Å²) in [5, 5.41) is 0. The number of rotatable bonds is 6. The summed E-state index contributed by atoms with van der Waals surface area (Å²) in [5.74, 6) is -2.61. The minimum Gasteiger partial charge on any atom is -0.377 e. The van der Waals surface area contributed by atoms with Gasteiger partial charge in [-0.15, -0.1) is 0 Å². The summed E-state index contributed by atoms with van der Waals surface area (Å²) in [5.41, 5.74) is -0.272. The predicted molar refractivity (Wildman–Crippen MR) is 97.8 cm³/mol. The lowest BCUT2D eigenvalue weighted by atomic mass is 10.2. The molecule has 0 unspecified atom stereocenters. The van der Waals surface area contributed by atoms with Gasteiger partial charge in [-0.05, 0) is 24.3 Å². The fraction of sp³-hybridized carbons (Fsp3) is 0.0667. The molecular formula is C15H12Cl2O8P2. The lowest BCUT2D eigenvalue weighted by Crippen LogP contribution is -2.22. The van der Waals surface area contributed by atoms with Gasteiger partial charge in [-0.25, -0.2) is 14.2 Å². The predicted octanol–water partition coefficient (Wildman–Crippen LogP) is 4.16.